The van der Waals surface area contributed by atoms with Crippen LogP contribution < -0.4 is 0 Å². The normalized spacial score (nSPS) is 20.4. The molecule has 0 saturated heterocycles. The second-order valence-electron chi connectivity index (χ2n) is 7.46. The van der Waals surface area contributed by atoms with Crippen LogP contribution in [0.5, 0.6) is 0 Å². The Morgan fingerprint density at radius 1 is 1.03 bits per heavy atom. The van der Waals surface area contributed by atoms with E-state index in [1.807, 2.05) is 41.3 Å². The monoisotopic (exact) mass is 415 g/mol. The maximum absolute atomic E-state index is 12.8. The molecule has 2 atom stereocenters. The summed E-state index contributed by atoms with van der Waals surface area (Å²) < 4.78 is 0. The van der Waals surface area contributed by atoms with Crippen molar-refractivity contribution in [3.05, 3.63) is 112 Å². The van der Waals surface area contributed by atoms with Crippen molar-refractivity contribution < 1.29 is 14.8 Å². The predicted molar refractivity (Wildman–Crippen MR) is 117 cm³/mol. The molecule has 0 aliphatic carbocycles. The van der Waals surface area contributed by atoms with Crippen molar-refractivity contribution in [1.29, 1.82) is 0 Å². The van der Waals surface area contributed by atoms with Crippen LogP contribution in [-0.4, -0.2) is 26.7 Å². The van der Waals surface area contributed by atoms with Crippen LogP contribution in [0.1, 0.15) is 29.7 Å². The molecule has 0 radical (unpaired) electrons. The standard InChI is InChI=1S/C24H21N3O4/c1-17-25-24(23(28)29,20-10-6-3-7-11-20)22(19-12-14-21(15-13-19)27(30)31)26(17)16-18-8-4-2-5-9-18/h2-15,22H,16H2,1H3,(H,28,29)/t22-,24+/m0/s1. The number of hydrogen-bond acceptors (Lipinski definition) is 5. The molecule has 1 aliphatic heterocycles. The Morgan fingerprint density at radius 2 is 1.61 bits per heavy atom. The van der Waals surface area contributed by atoms with Gasteiger partial charge in [-0.3, -0.25) is 10.1 Å². The third-order valence-corrected chi connectivity index (χ3v) is 5.62. The zero-order valence-corrected chi connectivity index (χ0v) is 16.9. The molecule has 0 saturated carbocycles. The van der Waals surface area contributed by atoms with E-state index < -0.39 is 22.5 Å². The van der Waals surface area contributed by atoms with Crippen molar-refractivity contribution in [3.63, 3.8) is 0 Å². The van der Waals surface area contributed by atoms with Gasteiger partial charge in [-0.15, -0.1) is 0 Å². The van der Waals surface area contributed by atoms with Gasteiger partial charge in [-0.1, -0.05) is 72.8 Å². The van der Waals surface area contributed by atoms with Crippen molar-refractivity contribution >= 4 is 17.5 Å². The van der Waals surface area contributed by atoms with Crippen LogP contribution in [0, 0.1) is 10.1 Å². The summed E-state index contributed by atoms with van der Waals surface area (Å²) in [5.74, 6) is -0.476. The molecule has 156 valence electrons. The summed E-state index contributed by atoms with van der Waals surface area (Å²) in [6.45, 7) is 2.26. The summed E-state index contributed by atoms with van der Waals surface area (Å²) in [6, 6.07) is 24.0. The Morgan fingerprint density at radius 3 is 2.16 bits per heavy atom. The molecule has 0 unspecified atom stereocenters. The molecule has 0 bridgehead atoms. The highest BCUT2D eigenvalue weighted by molar-refractivity contribution is 5.93. The average Bonchev–Trinajstić information content (AvgIpc) is 3.08. The Labute approximate surface area is 179 Å². The highest BCUT2D eigenvalue weighted by Crippen LogP contribution is 2.48. The number of aliphatic carboxylic acids is 1. The summed E-state index contributed by atoms with van der Waals surface area (Å²) >= 11 is 0. The van der Waals surface area contributed by atoms with Crippen molar-refractivity contribution in [2.24, 2.45) is 4.99 Å². The van der Waals surface area contributed by atoms with Crippen molar-refractivity contribution in [3.8, 4) is 0 Å². The van der Waals surface area contributed by atoms with E-state index in [1.165, 1.54) is 12.1 Å². The number of amidine groups is 1. The van der Waals surface area contributed by atoms with Gasteiger partial charge in [0.2, 0.25) is 5.54 Å². The fourth-order valence-electron chi connectivity index (χ4n) is 4.18. The molecule has 1 N–H and O–H groups in total. The van der Waals surface area contributed by atoms with Gasteiger partial charge >= 0.3 is 5.97 Å². The SMILES string of the molecule is CC1=N[C@](C(=O)O)(c2ccccc2)[C@H](c2ccc([N+](=O)[O-])cc2)N1Cc1ccccc1. The zero-order valence-electron chi connectivity index (χ0n) is 16.9. The van der Waals surface area contributed by atoms with E-state index in [0.29, 0.717) is 23.5 Å². The maximum atomic E-state index is 12.8. The number of carboxylic acid groups (broad SMARTS) is 1. The molecule has 0 fully saturated rings. The van der Waals surface area contributed by atoms with Crippen LogP contribution in [-0.2, 0) is 16.9 Å². The first-order chi connectivity index (χ1) is 14.9. The van der Waals surface area contributed by atoms with Gasteiger partial charge in [-0.25, -0.2) is 9.79 Å². The third kappa shape index (κ3) is 3.54. The number of aliphatic imine (C=N–C) groups is 1. The van der Waals surface area contributed by atoms with Crippen molar-refractivity contribution in [1.82, 2.24) is 4.90 Å². The van der Waals surface area contributed by atoms with Gasteiger partial charge in [0.1, 0.15) is 0 Å². The van der Waals surface area contributed by atoms with Gasteiger partial charge in [-0.2, -0.15) is 0 Å². The summed E-state index contributed by atoms with van der Waals surface area (Å²) in [5.41, 5.74) is 0.595. The van der Waals surface area contributed by atoms with Crippen LogP contribution in [0.15, 0.2) is 89.9 Å². The first-order valence-corrected chi connectivity index (χ1v) is 9.84. The van der Waals surface area contributed by atoms with E-state index in [4.69, 9.17) is 4.99 Å². The molecule has 3 aromatic rings. The Balaban J connectivity index is 1.89. The van der Waals surface area contributed by atoms with Crippen LogP contribution in [0.4, 0.5) is 5.69 Å². The molecule has 31 heavy (non-hydrogen) atoms. The number of benzene rings is 3. The van der Waals surface area contributed by atoms with Gasteiger partial charge in [0, 0.05) is 18.7 Å². The highest BCUT2D eigenvalue weighted by Gasteiger charge is 2.55. The second-order valence-corrected chi connectivity index (χ2v) is 7.46. The molecule has 3 aromatic carbocycles. The zero-order chi connectivity index (χ0) is 22.0. The van der Waals surface area contributed by atoms with E-state index >= 15 is 0 Å². The summed E-state index contributed by atoms with van der Waals surface area (Å²) in [7, 11) is 0. The van der Waals surface area contributed by atoms with Gasteiger partial charge in [0.25, 0.3) is 5.69 Å². The fraction of sp³-hybridized carbons (Fsp3) is 0.167. The first-order valence-electron chi connectivity index (χ1n) is 9.84. The van der Waals surface area contributed by atoms with Gasteiger partial charge < -0.3 is 10.0 Å². The Hall–Kier alpha value is -4.00. The third-order valence-electron chi connectivity index (χ3n) is 5.62. The van der Waals surface area contributed by atoms with Gasteiger partial charge in [0.15, 0.2) is 0 Å². The van der Waals surface area contributed by atoms with Crippen LogP contribution in [0.3, 0.4) is 0 Å². The number of carbonyl (C=O) groups is 1. The summed E-state index contributed by atoms with van der Waals surface area (Å²) in [4.78, 5) is 30.1. The van der Waals surface area contributed by atoms with Gasteiger partial charge in [0.05, 0.1) is 16.8 Å². The molecule has 1 heterocycles. The average molecular weight is 415 g/mol. The minimum atomic E-state index is -1.57. The lowest BCUT2D eigenvalue weighted by Gasteiger charge is -2.36. The van der Waals surface area contributed by atoms with Crippen molar-refractivity contribution in [2.75, 3.05) is 0 Å². The lowest BCUT2D eigenvalue weighted by Crippen LogP contribution is -2.43. The lowest BCUT2D eigenvalue weighted by atomic mass is 9.79. The molecule has 7 heteroatoms. The molecule has 1 aliphatic rings. The van der Waals surface area contributed by atoms with Crippen LogP contribution >= 0.6 is 0 Å². The largest absolute Gasteiger partial charge is 0.479 e. The number of carboxylic acids is 1. The first kappa shape index (κ1) is 20.3. The van der Waals surface area contributed by atoms with Crippen molar-refractivity contribution in [2.45, 2.75) is 25.0 Å². The molecule has 0 spiro atoms. The Bertz CT molecular complexity index is 1130. The Kier molecular flexibility index (Phi) is 5.25. The fourth-order valence-corrected chi connectivity index (χ4v) is 4.18. The quantitative estimate of drug-likeness (QED) is 0.471. The van der Waals surface area contributed by atoms with E-state index in [2.05, 4.69) is 0 Å². The van der Waals surface area contributed by atoms with Crippen LogP contribution in [0.25, 0.3) is 0 Å². The molecular weight excluding hydrogens is 394 g/mol. The van der Waals surface area contributed by atoms with Crippen LogP contribution in [0.2, 0.25) is 0 Å². The number of nitro benzene ring substituents is 1. The number of rotatable bonds is 6. The second kappa shape index (κ2) is 8.02. The summed E-state index contributed by atoms with van der Waals surface area (Å²) in [6.07, 6.45) is 0. The molecule has 0 amide bonds. The number of nitrogens with zero attached hydrogens (tertiary/aromatic N) is 3. The number of hydrogen-bond donors (Lipinski definition) is 1. The minimum absolute atomic E-state index is 0.0466. The predicted octanol–water partition coefficient (Wildman–Crippen LogP) is 4.55. The number of non-ortho nitro benzene ring substituents is 1. The van der Waals surface area contributed by atoms with Gasteiger partial charge in [-0.05, 0) is 23.6 Å². The highest BCUT2D eigenvalue weighted by atomic mass is 16.6. The van der Waals surface area contributed by atoms with E-state index in [-0.39, 0.29) is 5.69 Å². The smallest absolute Gasteiger partial charge is 0.338 e. The van der Waals surface area contributed by atoms with E-state index in [0.717, 1.165) is 5.56 Å². The summed E-state index contributed by atoms with van der Waals surface area (Å²) in [5, 5.41) is 21.6. The molecule has 4 rings (SSSR count). The number of nitro groups is 1. The molecule has 7 nitrogen and oxygen atoms in total. The minimum Gasteiger partial charge on any atom is -0.479 e. The van der Waals surface area contributed by atoms with E-state index in [9.17, 15) is 20.0 Å². The lowest BCUT2D eigenvalue weighted by molar-refractivity contribution is -0.384. The topological polar surface area (TPSA) is 96.0 Å². The molecule has 0 aromatic heterocycles. The van der Waals surface area contributed by atoms with E-state index in [1.54, 1.807) is 43.3 Å². The maximum Gasteiger partial charge on any atom is 0.338 e. The molecular formula is C24H21N3O4.